The Bertz CT molecular complexity index is 443. The van der Waals surface area contributed by atoms with Gasteiger partial charge in [-0.3, -0.25) is 4.79 Å². The third-order valence-corrected chi connectivity index (χ3v) is 3.64. The van der Waals surface area contributed by atoms with Crippen LogP contribution in [0.5, 0.6) is 5.75 Å². The lowest BCUT2D eigenvalue weighted by molar-refractivity contribution is -0.124. The maximum Gasteiger partial charge on any atom is 0.258 e. The molecule has 2 rings (SSSR count). The van der Waals surface area contributed by atoms with E-state index in [2.05, 4.69) is 17.6 Å². The summed E-state index contributed by atoms with van der Waals surface area (Å²) in [5.41, 5.74) is 0. The fourth-order valence-corrected chi connectivity index (χ4v) is 2.37. The topological polar surface area (TPSA) is 50.4 Å². The Kier molecular flexibility index (Phi) is 7.13. The van der Waals surface area contributed by atoms with Crippen LogP contribution in [0, 0.1) is 5.92 Å². The van der Waals surface area contributed by atoms with Crippen LogP contribution in [0.15, 0.2) is 24.3 Å². The Balaban J connectivity index is 0.00000200. The van der Waals surface area contributed by atoms with Crippen molar-refractivity contribution in [1.82, 2.24) is 10.6 Å². The van der Waals surface area contributed by atoms with Crippen LogP contribution in [0.2, 0.25) is 5.02 Å². The van der Waals surface area contributed by atoms with Gasteiger partial charge in [-0.2, -0.15) is 0 Å². The number of halogens is 2. The molecule has 2 atom stereocenters. The van der Waals surface area contributed by atoms with Crippen molar-refractivity contribution in [1.29, 1.82) is 0 Å². The molecule has 1 aliphatic heterocycles. The highest BCUT2D eigenvalue weighted by Crippen LogP contribution is 2.22. The average molecular weight is 319 g/mol. The van der Waals surface area contributed by atoms with Gasteiger partial charge in [0.2, 0.25) is 0 Å². The zero-order chi connectivity index (χ0) is 13.7. The van der Waals surface area contributed by atoms with Crippen LogP contribution in [0.1, 0.15) is 13.3 Å². The molecule has 1 heterocycles. The molecule has 1 aromatic rings. The first kappa shape index (κ1) is 17.1. The van der Waals surface area contributed by atoms with Gasteiger partial charge in [0.1, 0.15) is 5.75 Å². The summed E-state index contributed by atoms with van der Waals surface area (Å²) in [5.74, 6) is 0.884. The molecule has 2 N–H and O–H groups in total. The summed E-state index contributed by atoms with van der Waals surface area (Å²) in [4.78, 5) is 11.8. The minimum atomic E-state index is -0.0985. The van der Waals surface area contributed by atoms with E-state index in [0.29, 0.717) is 16.7 Å². The van der Waals surface area contributed by atoms with E-state index in [9.17, 15) is 4.79 Å². The van der Waals surface area contributed by atoms with Gasteiger partial charge in [-0.1, -0.05) is 30.7 Å². The quantitative estimate of drug-likeness (QED) is 0.895. The van der Waals surface area contributed by atoms with Gasteiger partial charge in [0, 0.05) is 6.04 Å². The summed E-state index contributed by atoms with van der Waals surface area (Å²) < 4.78 is 5.42. The number of rotatable bonds is 4. The molecule has 0 radical (unpaired) electrons. The number of amides is 1. The number of hydrogen-bond acceptors (Lipinski definition) is 3. The highest BCUT2D eigenvalue weighted by Gasteiger charge is 2.22. The predicted molar refractivity (Wildman–Crippen MR) is 82.8 cm³/mol. The normalized spacial score (nSPS) is 21.7. The van der Waals surface area contributed by atoms with Gasteiger partial charge in [0.25, 0.3) is 5.91 Å². The molecule has 112 valence electrons. The van der Waals surface area contributed by atoms with Crippen molar-refractivity contribution >= 4 is 29.9 Å². The summed E-state index contributed by atoms with van der Waals surface area (Å²) in [6.07, 6.45) is 0.957. The molecular weight excluding hydrogens is 299 g/mol. The molecule has 0 saturated carbocycles. The number of carbonyl (C=O) groups is 1. The van der Waals surface area contributed by atoms with E-state index in [1.165, 1.54) is 0 Å². The fourth-order valence-electron chi connectivity index (χ4n) is 2.18. The van der Waals surface area contributed by atoms with Crippen LogP contribution >= 0.6 is 24.0 Å². The first-order valence-electron chi connectivity index (χ1n) is 6.54. The van der Waals surface area contributed by atoms with Crippen LogP contribution in [-0.2, 0) is 4.79 Å². The fraction of sp³-hybridized carbons (Fsp3) is 0.500. The molecule has 0 bridgehead atoms. The van der Waals surface area contributed by atoms with Crippen molar-refractivity contribution in [3.8, 4) is 5.75 Å². The van der Waals surface area contributed by atoms with E-state index in [0.717, 1.165) is 19.5 Å². The SMILES string of the molecule is CC1CNCCC1NC(=O)COc1ccccc1Cl.Cl. The van der Waals surface area contributed by atoms with Gasteiger partial charge in [0.15, 0.2) is 6.61 Å². The minimum Gasteiger partial charge on any atom is -0.482 e. The van der Waals surface area contributed by atoms with E-state index >= 15 is 0 Å². The number of carbonyl (C=O) groups excluding carboxylic acids is 1. The Hall–Kier alpha value is -0.970. The highest BCUT2D eigenvalue weighted by molar-refractivity contribution is 6.32. The second-order valence-electron chi connectivity index (χ2n) is 4.86. The van der Waals surface area contributed by atoms with Crippen LogP contribution in [0.25, 0.3) is 0 Å². The summed E-state index contributed by atoms with van der Waals surface area (Å²) in [6, 6.07) is 7.37. The van der Waals surface area contributed by atoms with E-state index in [4.69, 9.17) is 16.3 Å². The smallest absolute Gasteiger partial charge is 0.258 e. The van der Waals surface area contributed by atoms with Gasteiger partial charge in [-0.15, -0.1) is 12.4 Å². The molecule has 1 fully saturated rings. The number of nitrogens with one attached hydrogen (secondary N) is 2. The molecule has 2 unspecified atom stereocenters. The standard InChI is InChI=1S/C14H19ClN2O2.ClH/c1-10-8-16-7-6-12(10)17-14(18)9-19-13-5-3-2-4-11(13)15;/h2-5,10,12,16H,6-9H2,1H3,(H,17,18);1H. The molecule has 1 aliphatic rings. The second kappa shape index (κ2) is 8.35. The van der Waals surface area contributed by atoms with Gasteiger partial charge in [0.05, 0.1) is 5.02 Å². The maximum atomic E-state index is 11.8. The summed E-state index contributed by atoms with van der Waals surface area (Å²) in [5, 5.41) is 6.83. The largest absolute Gasteiger partial charge is 0.482 e. The van der Waals surface area contributed by atoms with Crippen molar-refractivity contribution in [2.24, 2.45) is 5.92 Å². The van der Waals surface area contributed by atoms with Crippen molar-refractivity contribution in [2.45, 2.75) is 19.4 Å². The van der Waals surface area contributed by atoms with Gasteiger partial charge in [-0.25, -0.2) is 0 Å². The summed E-state index contributed by atoms with van der Waals surface area (Å²) in [7, 11) is 0. The third kappa shape index (κ3) is 4.85. The second-order valence-corrected chi connectivity index (χ2v) is 5.27. The van der Waals surface area contributed by atoms with E-state index in [-0.39, 0.29) is 31.0 Å². The van der Waals surface area contributed by atoms with Gasteiger partial charge >= 0.3 is 0 Å². The molecule has 1 amide bonds. The zero-order valence-corrected chi connectivity index (χ0v) is 13.0. The zero-order valence-electron chi connectivity index (χ0n) is 11.4. The van der Waals surface area contributed by atoms with E-state index < -0.39 is 0 Å². The Labute approximate surface area is 130 Å². The molecule has 20 heavy (non-hydrogen) atoms. The van der Waals surface area contributed by atoms with Crippen LogP contribution in [0.3, 0.4) is 0 Å². The van der Waals surface area contributed by atoms with Crippen molar-refractivity contribution in [2.75, 3.05) is 19.7 Å². The van der Waals surface area contributed by atoms with E-state index in [1.54, 1.807) is 12.1 Å². The van der Waals surface area contributed by atoms with Crippen molar-refractivity contribution in [3.05, 3.63) is 29.3 Å². The molecular formula is C14H20Cl2N2O2. The molecule has 0 aliphatic carbocycles. The number of piperidine rings is 1. The maximum absolute atomic E-state index is 11.8. The molecule has 0 spiro atoms. The monoisotopic (exact) mass is 318 g/mol. The van der Waals surface area contributed by atoms with E-state index in [1.807, 2.05) is 12.1 Å². The first-order chi connectivity index (χ1) is 9.16. The van der Waals surface area contributed by atoms with Gasteiger partial charge < -0.3 is 15.4 Å². The molecule has 1 saturated heterocycles. The minimum absolute atomic E-state index is 0. The Morgan fingerprint density at radius 2 is 2.25 bits per heavy atom. The van der Waals surface area contributed by atoms with Crippen LogP contribution in [0.4, 0.5) is 0 Å². The number of ether oxygens (including phenoxy) is 1. The van der Waals surface area contributed by atoms with Gasteiger partial charge in [-0.05, 0) is 37.6 Å². The number of para-hydroxylation sites is 1. The molecule has 1 aromatic carbocycles. The number of hydrogen-bond donors (Lipinski definition) is 2. The average Bonchev–Trinajstić information content (AvgIpc) is 2.40. The molecule has 4 nitrogen and oxygen atoms in total. The summed E-state index contributed by atoms with van der Waals surface area (Å²) >= 11 is 5.96. The molecule has 6 heteroatoms. The first-order valence-corrected chi connectivity index (χ1v) is 6.92. The van der Waals surface area contributed by atoms with Crippen LogP contribution < -0.4 is 15.4 Å². The Morgan fingerprint density at radius 3 is 2.95 bits per heavy atom. The number of benzene rings is 1. The molecule has 0 aromatic heterocycles. The Morgan fingerprint density at radius 1 is 1.50 bits per heavy atom. The van der Waals surface area contributed by atoms with Crippen molar-refractivity contribution in [3.63, 3.8) is 0 Å². The lowest BCUT2D eigenvalue weighted by Crippen LogP contribution is -2.49. The highest BCUT2D eigenvalue weighted by atomic mass is 35.5. The lowest BCUT2D eigenvalue weighted by atomic mass is 9.95. The lowest BCUT2D eigenvalue weighted by Gasteiger charge is -2.30. The predicted octanol–water partition coefficient (Wildman–Crippen LogP) is 2.25. The summed E-state index contributed by atoms with van der Waals surface area (Å²) in [6.45, 7) is 4.02. The van der Waals surface area contributed by atoms with Crippen molar-refractivity contribution < 1.29 is 9.53 Å². The van der Waals surface area contributed by atoms with Crippen LogP contribution in [-0.4, -0.2) is 31.6 Å². The third-order valence-electron chi connectivity index (χ3n) is 3.33.